The molecule has 1 aliphatic heterocycles. The van der Waals surface area contributed by atoms with E-state index >= 15 is 0 Å². The Hall–Kier alpha value is -2.41. The summed E-state index contributed by atoms with van der Waals surface area (Å²) < 4.78 is 51.1. The van der Waals surface area contributed by atoms with Crippen molar-refractivity contribution in [3.05, 3.63) is 144 Å². The van der Waals surface area contributed by atoms with Gasteiger partial charge in [0.05, 0.1) is 34.8 Å². The van der Waals surface area contributed by atoms with Gasteiger partial charge in [-0.25, -0.2) is 13.1 Å². The minimum atomic E-state index is -3.76. The van der Waals surface area contributed by atoms with Crippen LogP contribution in [0.1, 0.15) is 83.1 Å². The van der Waals surface area contributed by atoms with Crippen LogP contribution in [0.15, 0.2) is 121 Å². The average Bonchev–Trinajstić information content (AvgIpc) is 3.16. The molecule has 0 unspecified atom stereocenters. The van der Waals surface area contributed by atoms with Crippen molar-refractivity contribution in [1.29, 1.82) is 0 Å². The molecule has 10 heteroatoms. The highest BCUT2D eigenvalue weighted by Crippen LogP contribution is 2.51. The van der Waals surface area contributed by atoms with Gasteiger partial charge in [-0.05, 0) is 91.9 Å². The molecule has 304 valence electrons. The Morgan fingerprint density at radius 1 is 0.696 bits per heavy atom. The van der Waals surface area contributed by atoms with Crippen LogP contribution in [0.2, 0.25) is 18.1 Å². The Morgan fingerprint density at radius 2 is 1.16 bits per heavy atom. The molecule has 0 aromatic heterocycles. The third-order valence-electron chi connectivity index (χ3n) is 11.0. The van der Waals surface area contributed by atoms with E-state index in [-0.39, 0.29) is 21.8 Å². The van der Waals surface area contributed by atoms with Gasteiger partial charge in [0.25, 0.3) is 0 Å². The van der Waals surface area contributed by atoms with Crippen LogP contribution in [-0.2, 0) is 36.1 Å². The number of ether oxygens (including phenoxy) is 2. The summed E-state index contributed by atoms with van der Waals surface area (Å²) in [5, 5.41) is 0.0130. The first kappa shape index (κ1) is 44.7. The summed E-state index contributed by atoms with van der Waals surface area (Å²) in [6.07, 6.45) is 2.21. The number of hydrogen-bond donors (Lipinski definition) is 1. The van der Waals surface area contributed by atoms with E-state index in [1.54, 1.807) is 20.8 Å². The molecule has 0 aliphatic carbocycles. The van der Waals surface area contributed by atoms with Crippen LogP contribution in [0, 0.1) is 0 Å². The van der Waals surface area contributed by atoms with E-state index in [0.29, 0.717) is 19.6 Å². The highest BCUT2D eigenvalue weighted by Gasteiger charge is 2.46. The standard InChI is InChI=1S/C46H63NO5S3Si/c1-43(2,3)55(48,49)47-41(35-51-46(38-24-15-10-16-25-38,39-26-17-11-18-27-39)40-28-19-12-20-29-40)32-45(53-30-21-31-54-45)33-42(52-56(7,8)44(4,5)6)36-50-34-37-22-13-9-14-23-37/h9-20,22-29,41-42,47H,21,30-36H2,1-8H3/t41-,42-/m1/s1. The molecule has 5 rings (SSSR count). The third-order valence-corrected chi connectivity index (χ3v) is 21.2. The van der Waals surface area contributed by atoms with E-state index < -0.39 is 34.7 Å². The molecule has 4 aromatic rings. The Bertz CT molecular complexity index is 1780. The molecule has 1 fully saturated rings. The number of nitrogens with one attached hydrogen (secondary N) is 1. The minimum Gasteiger partial charge on any atom is -0.412 e. The number of benzene rings is 4. The van der Waals surface area contributed by atoms with Crippen molar-refractivity contribution in [3.8, 4) is 0 Å². The third kappa shape index (κ3) is 11.4. The van der Waals surface area contributed by atoms with E-state index in [1.807, 2.05) is 96.3 Å². The topological polar surface area (TPSA) is 73.9 Å². The zero-order valence-corrected chi connectivity index (χ0v) is 38.1. The van der Waals surface area contributed by atoms with Crippen LogP contribution in [0.5, 0.6) is 0 Å². The summed E-state index contributed by atoms with van der Waals surface area (Å²) in [4.78, 5) is 0. The van der Waals surface area contributed by atoms with Gasteiger partial charge in [0.15, 0.2) is 8.32 Å². The zero-order valence-electron chi connectivity index (χ0n) is 34.6. The van der Waals surface area contributed by atoms with Crippen LogP contribution >= 0.6 is 23.5 Å². The summed E-state index contributed by atoms with van der Waals surface area (Å²) in [6, 6.07) is 40.6. The maximum absolute atomic E-state index is 14.1. The lowest BCUT2D eigenvalue weighted by atomic mass is 9.80. The van der Waals surface area contributed by atoms with Gasteiger partial charge < -0.3 is 13.9 Å². The van der Waals surface area contributed by atoms with Crippen molar-refractivity contribution in [2.45, 2.75) is 112 Å². The summed E-state index contributed by atoms with van der Waals surface area (Å²) in [7, 11) is -5.96. The largest absolute Gasteiger partial charge is 0.412 e. The second kappa shape index (κ2) is 19.1. The van der Waals surface area contributed by atoms with E-state index in [2.05, 4.69) is 87.1 Å². The van der Waals surface area contributed by atoms with Crippen molar-refractivity contribution < 1.29 is 22.3 Å². The summed E-state index contributed by atoms with van der Waals surface area (Å²) in [5.41, 5.74) is 3.06. The quantitative estimate of drug-likeness (QED) is 0.0790. The van der Waals surface area contributed by atoms with E-state index in [9.17, 15) is 8.42 Å². The normalized spacial score (nSPS) is 16.6. The summed E-state index contributed by atoms with van der Waals surface area (Å²) in [6.45, 7) is 17.8. The van der Waals surface area contributed by atoms with Crippen molar-refractivity contribution in [2.24, 2.45) is 0 Å². The first-order chi connectivity index (χ1) is 26.5. The van der Waals surface area contributed by atoms with Gasteiger partial charge in [-0.1, -0.05) is 142 Å². The number of rotatable bonds is 18. The van der Waals surface area contributed by atoms with Crippen molar-refractivity contribution in [3.63, 3.8) is 0 Å². The van der Waals surface area contributed by atoms with Gasteiger partial charge in [-0.3, -0.25) is 0 Å². The fourth-order valence-electron chi connectivity index (χ4n) is 6.79. The first-order valence-corrected chi connectivity index (χ1v) is 26.2. The first-order valence-electron chi connectivity index (χ1n) is 19.9. The van der Waals surface area contributed by atoms with Crippen LogP contribution in [0.25, 0.3) is 0 Å². The van der Waals surface area contributed by atoms with Gasteiger partial charge in [0, 0.05) is 6.04 Å². The number of thioether (sulfide) groups is 2. The van der Waals surface area contributed by atoms with Gasteiger partial charge in [0.2, 0.25) is 10.0 Å². The molecule has 2 atom stereocenters. The van der Waals surface area contributed by atoms with Gasteiger partial charge in [0.1, 0.15) is 5.60 Å². The Balaban J connectivity index is 1.54. The lowest BCUT2D eigenvalue weighted by Crippen LogP contribution is -2.51. The predicted molar refractivity (Wildman–Crippen MR) is 240 cm³/mol. The highest BCUT2D eigenvalue weighted by molar-refractivity contribution is 8.18. The fourth-order valence-corrected chi connectivity index (χ4v) is 12.7. The van der Waals surface area contributed by atoms with Crippen molar-refractivity contribution in [2.75, 3.05) is 24.7 Å². The molecule has 0 bridgehead atoms. The number of sulfonamides is 1. The van der Waals surface area contributed by atoms with E-state index in [0.717, 1.165) is 46.6 Å². The average molecular weight is 834 g/mol. The maximum atomic E-state index is 14.1. The van der Waals surface area contributed by atoms with Gasteiger partial charge in [-0.15, -0.1) is 23.5 Å². The second-order valence-electron chi connectivity index (χ2n) is 17.4. The molecule has 6 nitrogen and oxygen atoms in total. The molecular weight excluding hydrogens is 771 g/mol. The predicted octanol–water partition coefficient (Wildman–Crippen LogP) is 11.0. The van der Waals surface area contributed by atoms with Gasteiger partial charge >= 0.3 is 0 Å². The molecule has 1 heterocycles. The smallest absolute Gasteiger partial charge is 0.216 e. The van der Waals surface area contributed by atoms with Crippen LogP contribution < -0.4 is 4.72 Å². The zero-order chi connectivity index (χ0) is 40.5. The molecule has 1 aliphatic rings. The SMILES string of the molecule is CC(C)(C)[Si](C)(C)O[C@@H](COCc1ccccc1)CC1(C[C@H](COC(c2ccccc2)(c2ccccc2)c2ccccc2)NS(=O)(=O)C(C)(C)C)SCCCS1. The molecule has 1 N–H and O–H groups in total. The van der Waals surface area contributed by atoms with E-state index in [1.165, 1.54) is 0 Å². The minimum absolute atomic E-state index is 0.0130. The Kier molecular flexibility index (Phi) is 15.2. The monoisotopic (exact) mass is 833 g/mol. The summed E-state index contributed by atoms with van der Waals surface area (Å²) >= 11 is 3.88. The summed E-state index contributed by atoms with van der Waals surface area (Å²) in [5.74, 6) is 1.98. The Morgan fingerprint density at radius 3 is 1.61 bits per heavy atom. The molecule has 0 radical (unpaired) electrons. The van der Waals surface area contributed by atoms with Crippen LogP contribution in [-0.4, -0.2) is 62.4 Å². The molecule has 0 amide bonds. The van der Waals surface area contributed by atoms with Gasteiger partial charge in [-0.2, -0.15) is 0 Å². The maximum Gasteiger partial charge on any atom is 0.216 e. The van der Waals surface area contributed by atoms with E-state index in [4.69, 9.17) is 13.9 Å². The molecule has 4 aromatic carbocycles. The highest BCUT2D eigenvalue weighted by atomic mass is 32.2. The molecule has 56 heavy (non-hydrogen) atoms. The van der Waals surface area contributed by atoms with Crippen molar-refractivity contribution in [1.82, 2.24) is 4.72 Å². The van der Waals surface area contributed by atoms with Crippen LogP contribution in [0.4, 0.5) is 0 Å². The lowest BCUT2D eigenvalue weighted by molar-refractivity contribution is -0.000170. The lowest BCUT2D eigenvalue weighted by Gasteiger charge is -2.45. The Labute approximate surface area is 347 Å². The van der Waals surface area contributed by atoms with Crippen molar-refractivity contribution >= 4 is 41.9 Å². The molecule has 1 saturated heterocycles. The molecule has 0 saturated carbocycles. The number of hydrogen-bond acceptors (Lipinski definition) is 7. The second-order valence-corrected chi connectivity index (χ2v) is 27.8. The molecular formula is C46H63NO5S3Si. The molecule has 0 spiro atoms. The van der Waals surface area contributed by atoms with Crippen LogP contribution in [0.3, 0.4) is 0 Å². The fraction of sp³-hybridized carbons (Fsp3) is 0.478.